The van der Waals surface area contributed by atoms with Crippen molar-refractivity contribution in [2.24, 2.45) is 46.3 Å². The van der Waals surface area contributed by atoms with E-state index in [0.29, 0.717) is 19.3 Å². The molecule has 0 bridgehead atoms. The number of aliphatic hydroxyl groups excluding tert-OH is 4. The smallest absolute Gasteiger partial charge is 0.0763 e. The molecule has 0 heterocycles. The molecule has 0 amide bonds. The maximum absolute atomic E-state index is 12.3. The van der Waals surface area contributed by atoms with E-state index in [1.54, 1.807) is 0 Å². The van der Waals surface area contributed by atoms with Gasteiger partial charge in [0.15, 0.2) is 0 Å². The van der Waals surface area contributed by atoms with Gasteiger partial charge in [-0.25, -0.2) is 0 Å². The number of allylic oxidation sites excluding steroid dienone is 1. The van der Waals surface area contributed by atoms with Crippen LogP contribution < -0.4 is 0 Å². The standard InChI is InChI=1S/C27H46O5/c1-15(2)20(29)7-6-16(3)18-13-21(30)24-26(18,5)11-9-23-25(4)10-8-17(28)12-19(25)22(31)14-27(23,24)32/h6-7,15-24,28-32H,8-14H2,1-5H3/b7-6+/t16-,17+,18-,19?,20+,21-,22+,23?,24?,25+,26-,27+/m1/s1. The molecule has 0 radical (unpaired) electrons. The molecule has 3 unspecified atom stereocenters. The molecule has 4 aliphatic rings. The first kappa shape index (κ1) is 24.7. The van der Waals surface area contributed by atoms with Gasteiger partial charge in [0.2, 0.25) is 0 Å². The Hall–Kier alpha value is -0.460. The molecule has 0 saturated heterocycles. The highest BCUT2D eigenvalue weighted by Crippen LogP contribution is 2.69. The summed E-state index contributed by atoms with van der Waals surface area (Å²) in [6.45, 7) is 10.6. The lowest BCUT2D eigenvalue weighted by Crippen LogP contribution is -2.68. The van der Waals surface area contributed by atoms with Crippen LogP contribution in [-0.2, 0) is 0 Å². The largest absolute Gasteiger partial charge is 0.393 e. The Balaban J connectivity index is 1.64. The Labute approximate surface area is 193 Å². The summed E-state index contributed by atoms with van der Waals surface area (Å²) in [4.78, 5) is 0. The fraction of sp³-hybridized carbons (Fsp3) is 0.926. The van der Waals surface area contributed by atoms with Crippen LogP contribution in [0.5, 0.6) is 0 Å². The van der Waals surface area contributed by atoms with Gasteiger partial charge in [-0.05, 0) is 78.9 Å². The zero-order valence-corrected chi connectivity index (χ0v) is 20.6. The van der Waals surface area contributed by atoms with Gasteiger partial charge in [0.25, 0.3) is 0 Å². The van der Waals surface area contributed by atoms with E-state index < -0.39 is 23.9 Å². The number of aliphatic hydroxyl groups is 5. The number of rotatable bonds is 4. The van der Waals surface area contributed by atoms with Crippen molar-refractivity contribution in [3.05, 3.63) is 12.2 Å². The molecular formula is C27H46O5. The SMILES string of the molecule is CC(C)[C@@H](O)/C=C/[C@@H](C)[C@H]1C[C@@H](O)C2[C@]3(O)C[C@H](O)C4C[C@@H](O)CC[C@]4(C)C3CC[C@@]21C. The van der Waals surface area contributed by atoms with Crippen LogP contribution >= 0.6 is 0 Å². The summed E-state index contributed by atoms with van der Waals surface area (Å²) < 4.78 is 0. The van der Waals surface area contributed by atoms with E-state index in [9.17, 15) is 25.5 Å². The molecule has 5 heteroatoms. The summed E-state index contributed by atoms with van der Waals surface area (Å²) in [5, 5.41) is 55.3. The van der Waals surface area contributed by atoms with Crippen LogP contribution in [0, 0.1) is 46.3 Å². The lowest BCUT2D eigenvalue weighted by molar-refractivity contribution is -0.263. The highest BCUT2D eigenvalue weighted by molar-refractivity contribution is 5.20. The second-order valence-electron chi connectivity index (χ2n) is 12.8. The van der Waals surface area contributed by atoms with Crippen molar-refractivity contribution in [2.45, 2.75) is 110 Å². The molecule has 32 heavy (non-hydrogen) atoms. The highest BCUT2D eigenvalue weighted by atomic mass is 16.3. The lowest BCUT2D eigenvalue weighted by Gasteiger charge is -2.66. The van der Waals surface area contributed by atoms with Crippen molar-refractivity contribution in [3.63, 3.8) is 0 Å². The monoisotopic (exact) mass is 450 g/mol. The predicted octanol–water partition coefficient (Wildman–Crippen LogP) is 3.27. The highest BCUT2D eigenvalue weighted by Gasteiger charge is 2.70. The Kier molecular flexibility index (Phi) is 6.42. The molecule has 184 valence electrons. The Morgan fingerprint density at radius 2 is 1.53 bits per heavy atom. The zero-order chi connectivity index (χ0) is 23.6. The van der Waals surface area contributed by atoms with Gasteiger partial charge in [-0.2, -0.15) is 0 Å². The molecule has 0 aliphatic heterocycles. The summed E-state index contributed by atoms with van der Waals surface area (Å²) in [6, 6.07) is 0. The molecule has 0 aromatic carbocycles. The van der Waals surface area contributed by atoms with Crippen LogP contribution in [-0.4, -0.2) is 55.5 Å². The number of hydrogen-bond donors (Lipinski definition) is 5. The molecule has 5 N–H and O–H groups in total. The summed E-state index contributed by atoms with van der Waals surface area (Å²) in [5.41, 5.74) is -1.51. The molecule has 4 aliphatic carbocycles. The molecule has 4 saturated carbocycles. The van der Waals surface area contributed by atoms with Crippen LogP contribution in [0.15, 0.2) is 12.2 Å². The fourth-order valence-electron chi connectivity index (χ4n) is 8.98. The number of fused-ring (bicyclic) bond motifs is 5. The molecular weight excluding hydrogens is 404 g/mol. The second-order valence-corrected chi connectivity index (χ2v) is 12.8. The third kappa shape index (κ3) is 3.62. The lowest BCUT2D eigenvalue weighted by atomic mass is 9.42. The third-order valence-electron chi connectivity index (χ3n) is 10.7. The van der Waals surface area contributed by atoms with E-state index in [4.69, 9.17) is 0 Å². The number of hydrogen-bond acceptors (Lipinski definition) is 5. The van der Waals surface area contributed by atoms with Crippen molar-refractivity contribution in [2.75, 3.05) is 0 Å². The van der Waals surface area contributed by atoms with Crippen molar-refractivity contribution in [1.29, 1.82) is 0 Å². The van der Waals surface area contributed by atoms with Crippen molar-refractivity contribution in [3.8, 4) is 0 Å². The van der Waals surface area contributed by atoms with Crippen LogP contribution in [0.2, 0.25) is 0 Å². The van der Waals surface area contributed by atoms with Gasteiger partial charge in [0.1, 0.15) is 0 Å². The van der Waals surface area contributed by atoms with Crippen molar-refractivity contribution < 1.29 is 25.5 Å². The van der Waals surface area contributed by atoms with Crippen molar-refractivity contribution >= 4 is 0 Å². The molecule has 5 nitrogen and oxygen atoms in total. The average Bonchev–Trinajstić information content (AvgIpc) is 2.98. The molecule has 0 spiro atoms. The molecule has 0 aromatic rings. The first-order valence-electron chi connectivity index (χ1n) is 13.0. The van der Waals surface area contributed by atoms with Gasteiger partial charge in [0.05, 0.1) is 30.0 Å². The maximum atomic E-state index is 12.3. The van der Waals surface area contributed by atoms with E-state index in [2.05, 4.69) is 26.8 Å². The zero-order valence-electron chi connectivity index (χ0n) is 20.6. The van der Waals surface area contributed by atoms with E-state index in [1.165, 1.54) is 0 Å². The molecule has 0 aromatic heterocycles. The first-order chi connectivity index (χ1) is 14.8. The van der Waals surface area contributed by atoms with Gasteiger partial charge in [-0.1, -0.05) is 46.8 Å². The normalized spacial score (nSPS) is 53.0. The van der Waals surface area contributed by atoms with Crippen LogP contribution in [0.25, 0.3) is 0 Å². The first-order valence-corrected chi connectivity index (χ1v) is 13.0. The summed E-state index contributed by atoms with van der Waals surface area (Å²) in [7, 11) is 0. The minimum Gasteiger partial charge on any atom is -0.393 e. The van der Waals surface area contributed by atoms with Gasteiger partial charge >= 0.3 is 0 Å². The molecule has 4 rings (SSSR count). The van der Waals surface area contributed by atoms with Gasteiger partial charge in [0, 0.05) is 12.3 Å². The van der Waals surface area contributed by atoms with E-state index in [1.807, 2.05) is 19.9 Å². The minimum atomic E-state index is -1.09. The Bertz CT molecular complexity index is 723. The topological polar surface area (TPSA) is 101 Å². The van der Waals surface area contributed by atoms with E-state index in [-0.39, 0.29) is 52.4 Å². The second kappa shape index (κ2) is 8.34. The van der Waals surface area contributed by atoms with E-state index in [0.717, 1.165) is 25.7 Å². The van der Waals surface area contributed by atoms with Gasteiger partial charge < -0.3 is 25.5 Å². The van der Waals surface area contributed by atoms with Crippen LogP contribution in [0.4, 0.5) is 0 Å². The third-order valence-corrected chi connectivity index (χ3v) is 10.7. The van der Waals surface area contributed by atoms with Gasteiger partial charge in [-0.15, -0.1) is 0 Å². The summed E-state index contributed by atoms with van der Waals surface area (Å²) in [6.07, 6.45) is 6.86. The predicted molar refractivity (Wildman–Crippen MR) is 125 cm³/mol. The van der Waals surface area contributed by atoms with Crippen molar-refractivity contribution in [1.82, 2.24) is 0 Å². The Morgan fingerprint density at radius 1 is 0.875 bits per heavy atom. The van der Waals surface area contributed by atoms with E-state index >= 15 is 0 Å². The van der Waals surface area contributed by atoms with Crippen LogP contribution in [0.1, 0.15) is 79.6 Å². The van der Waals surface area contributed by atoms with Crippen LogP contribution in [0.3, 0.4) is 0 Å². The average molecular weight is 451 g/mol. The van der Waals surface area contributed by atoms with Gasteiger partial charge in [-0.3, -0.25) is 0 Å². The maximum Gasteiger partial charge on any atom is 0.0763 e. The molecule has 4 fully saturated rings. The fourth-order valence-corrected chi connectivity index (χ4v) is 8.98. The summed E-state index contributed by atoms with van der Waals surface area (Å²) >= 11 is 0. The molecule has 12 atom stereocenters. The minimum absolute atomic E-state index is 0.00889. The Morgan fingerprint density at radius 3 is 2.19 bits per heavy atom. The summed E-state index contributed by atoms with van der Waals surface area (Å²) in [5.74, 6) is 0.363. The quantitative estimate of drug-likeness (QED) is 0.423.